The summed E-state index contributed by atoms with van der Waals surface area (Å²) >= 11 is 5.76. The zero-order valence-electron chi connectivity index (χ0n) is 18.8. The number of carbonyl (C=O) groups is 1. The minimum atomic E-state index is -0.371. The van der Waals surface area contributed by atoms with Gasteiger partial charge in [0, 0.05) is 17.4 Å². The predicted octanol–water partition coefficient (Wildman–Crippen LogP) is 5.61. The van der Waals surface area contributed by atoms with Crippen molar-refractivity contribution in [3.05, 3.63) is 108 Å². The Morgan fingerprint density at radius 3 is 2.47 bits per heavy atom. The van der Waals surface area contributed by atoms with Crippen LogP contribution in [0.5, 0.6) is 0 Å². The van der Waals surface area contributed by atoms with E-state index in [1.165, 1.54) is 12.7 Å². The fourth-order valence-corrected chi connectivity index (χ4v) is 4.53. The summed E-state index contributed by atoms with van der Waals surface area (Å²) in [5.41, 5.74) is 4.39. The third kappa shape index (κ3) is 4.06. The Bertz CT molecular complexity index is 1320. The molecular formula is C27H23N3O3S. The Morgan fingerprint density at radius 2 is 1.79 bits per heavy atom. The van der Waals surface area contributed by atoms with Crippen LogP contribution in [0.15, 0.2) is 89.5 Å². The van der Waals surface area contributed by atoms with Crippen molar-refractivity contribution in [2.24, 2.45) is 0 Å². The summed E-state index contributed by atoms with van der Waals surface area (Å²) in [5.74, 6) is 1.09. The van der Waals surface area contributed by atoms with Crippen LogP contribution in [0.1, 0.15) is 39.5 Å². The van der Waals surface area contributed by atoms with Crippen LogP contribution in [0.25, 0.3) is 11.3 Å². The Kier molecular flexibility index (Phi) is 5.86. The van der Waals surface area contributed by atoms with Crippen molar-refractivity contribution in [3.63, 3.8) is 0 Å². The topological polar surface area (TPSA) is 67.6 Å². The van der Waals surface area contributed by atoms with Crippen LogP contribution in [0, 0.1) is 6.92 Å². The number of furan rings is 1. The maximum Gasteiger partial charge on any atom is 0.337 e. The molecule has 4 aromatic rings. The van der Waals surface area contributed by atoms with Gasteiger partial charge in [0.2, 0.25) is 0 Å². The standard InChI is InChI=1S/C27H23N3O3S/c1-17-6-12-20(13-7-17)30-25(24(29-27(30)34)21-5-3-4-16-28-21)23-15-14-22(33-23)18-8-10-19(11-9-18)26(31)32-2/h3-16,24-25H,1-2H3,(H,29,34)/t24-,25+/m0/s1. The Morgan fingerprint density at radius 1 is 1.03 bits per heavy atom. The number of thiocarbonyl (C=S) groups is 1. The molecule has 1 aliphatic rings. The first kappa shape index (κ1) is 21.9. The number of rotatable bonds is 5. The van der Waals surface area contributed by atoms with Crippen LogP contribution in [-0.4, -0.2) is 23.2 Å². The Hall–Kier alpha value is -3.97. The number of anilines is 1. The van der Waals surface area contributed by atoms with Gasteiger partial charge in [-0.15, -0.1) is 0 Å². The molecule has 5 rings (SSSR count). The molecule has 0 spiro atoms. The number of esters is 1. The van der Waals surface area contributed by atoms with Crippen LogP contribution in [0.4, 0.5) is 5.69 Å². The molecule has 0 saturated carbocycles. The van der Waals surface area contributed by atoms with Gasteiger partial charge in [-0.1, -0.05) is 35.9 Å². The maximum atomic E-state index is 11.8. The van der Waals surface area contributed by atoms with Gasteiger partial charge < -0.3 is 19.4 Å². The largest absolute Gasteiger partial charge is 0.465 e. The number of aromatic nitrogens is 1. The van der Waals surface area contributed by atoms with Crippen molar-refractivity contribution < 1.29 is 13.9 Å². The molecule has 7 heteroatoms. The highest BCUT2D eigenvalue weighted by molar-refractivity contribution is 7.80. The highest BCUT2D eigenvalue weighted by atomic mass is 32.1. The number of carbonyl (C=O) groups excluding carboxylic acids is 1. The van der Waals surface area contributed by atoms with Crippen molar-refractivity contribution in [2.75, 3.05) is 12.0 Å². The minimum absolute atomic E-state index is 0.185. The van der Waals surface area contributed by atoms with E-state index < -0.39 is 0 Å². The minimum Gasteiger partial charge on any atom is -0.465 e. The smallest absolute Gasteiger partial charge is 0.337 e. The van der Waals surface area contributed by atoms with Gasteiger partial charge >= 0.3 is 5.97 Å². The van der Waals surface area contributed by atoms with Gasteiger partial charge in [-0.3, -0.25) is 4.98 Å². The Balaban J connectivity index is 1.54. The van der Waals surface area contributed by atoms with Crippen molar-refractivity contribution in [3.8, 4) is 11.3 Å². The van der Waals surface area contributed by atoms with E-state index in [1.54, 1.807) is 18.3 Å². The molecule has 0 amide bonds. The fraction of sp³-hybridized carbons (Fsp3) is 0.148. The number of hydrogen-bond donors (Lipinski definition) is 1. The number of nitrogens with zero attached hydrogens (tertiary/aromatic N) is 2. The van der Waals surface area contributed by atoms with Gasteiger partial charge in [0.1, 0.15) is 17.6 Å². The van der Waals surface area contributed by atoms with E-state index in [9.17, 15) is 4.79 Å². The van der Waals surface area contributed by atoms with Crippen LogP contribution in [0.3, 0.4) is 0 Å². The summed E-state index contributed by atoms with van der Waals surface area (Å²) in [7, 11) is 1.37. The second-order valence-corrected chi connectivity index (χ2v) is 8.49. The van der Waals surface area contributed by atoms with E-state index in [0.717, 1.165) is 22.7 Å². The van der Waals surface area contributed by atoms with Crippen LogP contribution in [-0.2, 0) is 4.74 Å². The normalized spacial score (nSPS) is 17.5. The van der Waals surface area contributed by atoms with Crippen LogP contribution in [0.2, 0.25) is 0 Å². The van der Waals surface area contributed by atoms with Crippen molar-refractivity contribution >= 4 is 29.0 Å². The van der Waals surface area contributed by atoms with E-state index in [-0.39, 0.29) is 18.1 Å². The van der Waals surface area contributed by atoms with Gasteiger partial charge in [0.15, 0.2) is 5.11 Å². The molecule has 2 aromatic carbocycles. The second kappa shape index (κ2) is 9.11. The van der Waals surface area contributed by atoms with Gasteiger partial charge in [-0.2, -0.15) is 0 Å². The predicted molar refractivity (Wildman–Crippen MR) is 135 cm³/mol. The SMILES string of the molecule is COC(=O)c1ccc(-c2ccc([C@@H]3[C@H](c4ccccn4)NC(=S)N3c3ccc(C)cc3)o2)cc1. The number of nitrogens with one attached hydrogen (secondary N) is 1. The lowest BCUT2D eigenvalue weighted by Crippen LogP contribution is -2.29. The zero-order chi connectivity index (χ0) is 23.7. The van der Waals surface area contributed by atoms with E-state index in [0.29, 0.717) is 16.4 Å². The number of ether oxygens (including phenoxy) is 1. The summed E-state index contributed by atoms with van der Waals surface area (Å²) in [4.78, 5) is 18.4. The number of aryl methyl sites for hydroxylation is 1. The summed E-state index contributed by atoms with van der Waals surface area (Å²) in [6, 6.07) is 24.8. The van der Waals surface area contributed by atoms with Crippen molar-refractivity contribution in [2.45, 2.75) is 19.0 Å². The third-order valence-corrected chi connectivity index (χ3v) is 6.23. The molecule has 2 aromatic heterocycles. The molecule has 170 valence electrons. The van der Waals surface area contributed by atoms with Gasteiger partial charge in [-0.25, -0.2) is 4.79 Å². The number of pyridine rings is 1. The molecule has 6 nitrogen and oxygen atoms in total. The summed E-state index contributed by atoms with van der Waals surface area (Å²) in [5, 5.41) is 4.06. The second-order valence-electron chi connectivity index (χ2n) is 8.10. The number of hydrogen-bond acceptors (Lipinski definition) is 5. The molecule has 1 aliphatic heterocycles. The highest BCUT2D eigenvalue weighted by Crippen LogP contribution is 2.42. The van der Waals surface area contributed by atoms with Crippen LogP contribution >= 0.6 is 12.2 Å². The molecule has 0 unspecified atom stereocenters. The average molecular weight is 470 g/mol. The van der Waals surface area contributed by atoms with Crippen molar-refractivity contribution in [1.29, 1.82) is 0 Å². The molecule has 1 fully saturated rings. The molecule has 3 heterocycles. The van der Waals surface area contributed by atoms with Crippen LogP contribution < -0.4 is 10.2 Å². The third-order valence-electron chi connectivity index (χ3n) is 5.92. The monoisotopic (exact) mass is 469 g/mol. The quantitative estimate of drug-likeness (QED) is 0.301. The lowest BCUT2D eigenvalue weighted by molar-refractivity contribution is 0.0600. The summed E-state index contributed by atoms with van der Waals surface area (Å²) < 4.78 is 11.2. The number of methoxy groups -OCH3 is 1. The lowest BCUT2D eigenvalue weighted by atomic mass is 10.0. The molecule has 2 atom stereocenters. The van der Waals surface area contributed by atoms with Gasteiger partial charge in [-0.05, 0) is 67.7 Å². The molecular weight excluding hydrogens is 446 g/mol. The number of benzene rings is 2. The van der Waals surface area contributed by atoms with E-state index in [2.05, 4.69) is 46.4 Å². The summed E-state index contributed by atoms with van der Waals surface area (Å²) in [6.07, 6.45) is 1.78. The Labute approximate surface area is 203 Å². The van der Waals surface area contributed by atoms with Gasteiger partial charge in [0.25, 0.3) is 0 Å². The van der Waals surface area contributed by atoms with E-state index in [1.807, 2.05) is 42.5 Å². The average Bonchev–Trinajstić information content (AvgIpc) is 3.49. The molecule has 0 radical (unpaired) electrons. The molecule has 0 aliphatic carbocycles. The maximum absolute atomic E-state index is 11.8. The lowest BCUT2D eigenvalue weighted by Gasteiger charge is -2.26. The first-order valence-corrected chi connectivity index (χ1v) is 11.3. The molecule has 1 N–H and O–H groups in total. The summed E-state index contributed by atoms with van der Waals surface area (Å²) in [6.45, 7) is 2.06. The molecule has 1 saturated heterocycles. The molecule has 34 heavy (non-hydrogen) atoms. The molecule has 0 bridgehead atoms. The first-order chi connectivity index (χ1) is 16.5. The first-order valence-electron chi connectivity index (χ1n) is 10.9. The highest BCUT2D eigenvalue weighted by Gasteiger charge is 2.42. The van der Waals surface area contributed by atoms with E-state index in [4.69, 9.17) is 21.4 Å². The van der Waals surface area contributed by atoms with E-state index >= 15 is 0 Å². The fourth-order valence-electron chi connectivity index (χ4n) is 4.18. The zero-order valence-corrected chi connectivity index (χ0v) is 19.6. The van der Waals surface area contributed by atoms with Gasteiger partial charge in [0.05, 0.1) is 24.4 Å². The van der Waals surface area contributed by atoms with Crippen molar-refractivity contribution in [1.82, 2.24) is 10.3 Å².